The van der Waals surface area contributed by atoms with E-state index in [-0.39, 0.29) is 5.41 Å². The first-order valence-corrected chi connectivity index (χ1v) is 8.10. The molecule has 1 aromatic rings. The van der Waals surface area contributed by atoms with Crippen molar-refractivity contribution in [3.63, 3.8) is 0 Å². The maximum atomic E-state index is 11.3. The zero-order valence-corrected chi connectivity index (χ0v) is 12.6. The van der Waals surface area contributed by atoms with Gasteiger partial charge in [0.15, 0.2) is 0 Å². The Labute approximate surface area is 116 Å². The summed E-state index contributed by atoms with van der Waals surface area (Å²) in [5.74, 6) is 3.54. The number of nitrogens with one attached hydrogen (secondary N) is 1. The number of hydrogen-bond donors (Lipinski definition) is 2. The van der Waals surface area contributed by atoms with E-state index in [4.69, 9.17) is 5.73 Å². The van der Waals surface area contributed by atoms with Crippen LogP contribution in [0.25, 0.3) is 0 Å². The van der Waals surface area contributed by atoms with Crippen molar-refractivity contribution >= 4 is 22.4 Å². The van der Waals surface area contributed by atoms with E-state index >= 15 is 0 Å². The van der Waals surface area contributed by atoms with Gasteiger partial charge < -0.3 is 11.1 Å². The standard InChI is InChI=1S/C13H22N4OS/c1-13(2,3)12-16-10(14)8-11(17-12)15-9-4-6-19(18)7-5-9/h8-9H,4-7H2,1-3H3,(H3,14,15,16,17). The van der Waals surface area contributed by atoms with Gasteiger partial charge >= 0.3 is 0 Å². The van der Waals surface area contributed by atoms with Crippen LogP contribution in [-0.4, -0.2) is 31.7 Å². The van der Waals surface area contributed by atoms with Crippen molar-refractivity contribution in [2.24, 2.45) is 0 Å². The summed E-state index contributed by atoms with van der Waals surface area (Å²) >= 11 is 0. The number of rotatable bonds is 2. The monoisotopic (exact) mass is 282 g/mol. The molecule has 0 unspecified atom stereocenters. The van der Waals surface area contributed by atoms with Crippen molar-refractivity contribution in [2.45, 2.75) is 45.1 Å². The van der Waals surface area contributed by atoms with Crippen molar-refractivity contribution in [1.82, 2.24) is 9.97 Å². The van der Waals surface area contributed by atoms with E-state index in [0.29, 0.717) is 11.9 Å². The van der Waals surface area contributed by atoms with Crippen LogP contribution in [0.1, 0.15) is 39.4 Å². The highest BCUT2D eigenvalue weighted by molar-refractivity contribution is 7.85. The van der Waals surface area contributed by atoms with Gasteiger partial charge in [-0.25, -0.2) is 9.97 Å². The average molecular weight is 282 g/mol. The fraction of sp³-hybridized carbons (Fsp3) is 0.692. The summed E-state index contributed by atoms with van der Waals surface area (Å²) in [5, 5.41) is 3.39. The highest BCUT2D eigenvalue weighted by Crippen LogP contribution is 2.22. The Hall–Kier alpha value is -1.17. The van der Waals surface area contributed by atoms with E-state index in [0.717, 1.165) is 36.0 Å². The summed E-state index contributed by atoms with van der Waals surface area (Å²) in [6.45, 7) is 6.19. The second-order valence-corrected chi connectivity index (χ2v) is 7.71. The largest absolute Gasteiger partial charge is 0.384 e. The molecule has 2 rings (SSSR count). The first kappa shape index (κ1) is 14.2. The van der Waals surface area contributed by atoms with Gasteiger partial charge in [0.25, 0.3) is 0 Å². The molecule has 1 aromatic heterocycles. The number of nitrogens with zero attached hydrogens (tertiary/aromatic N) is 2. The van der Waals surface area contributed by atoms with Crippen LogP contribution in [0.2, 0.25) is 0 Å². The molecular weight excluding hydrogens is 260 g/mol. The fourth-order valence-electron chi connectivity index (χ4n) is 2.02. The molecule has 0 aromatic carbocycles. The van der Waals surface area contributed by atoms with Crippen molar-refractivity contribution in [3.05, 3.63) is 11.9 Å². The van der Waals surface area contributed by atoms with Crippen molar-refractivity contribution in [2.75, 3.05) is 22.6 Å². The Bertz CT molecular complexity index is 474. The molecule has 0 atom stereocenters. The third-order valence-electron chi connectivity index (χ3n) is 3.16. The second-order valence-electron chi connectivity index (χ2n) is 6.02. The Morgan fingerprint density at radius 1 is 1.32 bits per heavy atom. The highest BCUT2D eigenvalue weighted by atomic mass is 32.2. The van der Waals surface area contributed by atoms with Crippen LogP contribution in [0.4, 0.5) is 11.6 Å². The zero-order valence-electron chi connectivity index (χ0n) is 11.8. The lowest BCUT2D eigenvalue weighted by atomic mass is 9.96. The zero-order chi connectivity index (χ0) is 14.0. The summed E-state index contributed by atoms with van der Waals surface area (Å²) < 4.78 is 11.3. The third-order valence-corrected chi connectivity index (χ3v) is 4.54. The molecule has 106 valence electrons. The highest BCUT2D eigenvalue weighted by Gasteiger charge is 2.21. The third kappa shape index (κ3) is 3.89. The summed E-state index contributed by atoms with van der Waals surface area (Å²) in [6.07, 6.45) is 1.84. The molecule has 5 nitrogen and oxygen atoms in total. The van der Waals surface area contributed by atoms with Gasteiger partial charge in [-0.05, 0) is 12.8 Å². The number of nitrogen functional groups attached to an aromatic ring is 1. The predicted molar refractivity (Wildman–Crippen MR) is 79.7 cm³/mol. The van der Waals surface area contributed by atoms with Crippen LogP contribution in [0.15, 0.2) is 6.07 Å². The fourth-order valence-corrected chi connectivity index (χ4v) is 3.32. The molecule has 1 saturated heterocycles. The normalized spacial score (nSPS) is 24.2. The first-order chi connectivity index (χ1) is 8.84. The summed E-state index contributed by atoms with van der Waals surface area (Å²) in [7, 11) is -0.639. The Kier molecular flexibility index (Phi) is 4.08. The van der Waals surface area contributed by atoms with E-state index in [9.17, 15) is 4.21 Å². The first-order valence-electron chi connectivity index (χ1n) is 6.61. The van der Waals surface area contributed by atoms with Gasteiger partial charge in [-0.2, -0.15) is 0 Å². The minimum absolute atomic E-state index is 0.125. The van der Waals surface area contributed by atoms with Crippen molar-refractivity contribution in [3.8, 4) is 0 Å². The predicted octanol–water partition coefficient (Wildman–Crippen LogP) is 1.68. The number of anilines is 2. The van der Waals surface area contributed by atoms with Crippen molar-refractivity contribution in [1.29, 1.82) is 0 Å². The van der Waals surface area contributed by atoms with E-state index in [1.54, 1.807) is 6.07 Å². The van der Waals surface area contributed by atoms with E-state index in [2.05, 4.69) is 36.1 Å². The molecule has 1 aliphatic rings. The van der Waals surface area contributed by atoms with E-state index in [1.807, 2.05) is 0 Å². The Balaban J connectivity index is 2.12. The molecule has 1 aliphatic heterocycles. The lowest BCUT2D eigenvalue weighted by molar-refractivity contribution is 0.545. The minimum atomic E-state index is -0.639. The molecule has 0 aliphatic carbocycles. The summed E-state index contributed by atoms with van der Waals surface area (Å²) in [4.78, 5) is 8.83. The van der Waals surface area contributed by atoms with Gasteiger partial charge in [-0.1, -0.05) is 20.8 Å². The van der Waals surface area contributed by atoms with Crippen LogP contribution in [0.5, 0.6) is 0 Å². The van der Waals surface area contributed by atoms with E-state index in [1.165, 1.54) is 0 Å². The number of nitrogens with two attached hydrogens (primary N) is 1. The van der Waals surface area contributed by atoms with Crippen molar-refractivity contribution < 1.29 is 4.21 Å². The molecule has 3 N–H and O–H groups in total. The van der Waals surface area contributed by atoms with Gasteiger partial charge in [0.05, 0.1) is 0 Å². The van der Waals surface area contributed by atoms with Gasteiger partial charge in [-0.3, -0.25) is 4.21 Å². The molecule has 2 heterocycles. The van der Waals surface area contributed by atoms with Crippen LogP contribution in [-0.2, 0) is 16.2 Å². The molecule has 0 amide bonds. The SMILES string of the molecule is CC(C)(C)c1nc(N)cc(NC2CCS(=O)CC2)n1. The molecule has 1 fully saturated rings. The van der Waals surface area contributed by atoms with Gasteiger partial charge in [-0.15, -0.1) is 0 Å². The molecule has 6 heteroatoms. The number of hydrogen-bond acceptors (Lipinski definition) is 5. The molecule has 19 heavy (non-hydrogen) atoms. The molecular formula is C13H22N4OS. The van der Waals surface area contributed by atoms with Crippen LogP contribution < -0.4 is 11.1 Å². The Morgan fingerprint density at radius 3 is 2.53 bits per heavy atom. The average Bonchev–Trinajstić information content (AvgIpc) is 2.30. The second kappa shape index (κ2) is 5.45. The van der Waals surface area contributed by atoms with Crippen LogP contribution in [0, 0.1) is 0 Å². The Morgan fingerprint density at radius 2 is 1.95 bits per heavy atom. The van der Waals surface area contributed by atoms with Gasteiger partial charge in [0, 0.05) is 39.8 Å². The quantitative estimate of drug-likeness (QED) is 0.862. The van der Waals surface area contributed by atoms with Gasteiger partial charge in [0.2, 0.25) is 0 Å². The number of aromatic nitrogens is 2. The molecule has 0 bridgehead atoms. The van der Waals surface area contributed by atoms with Gasteiger partial charge in [0.1, 0.15) is 17.5 Å². The smallest absolute Gasteiger partial charge is 0.138 e. The molecule has 0 spiro atoms. The van der Waals surface area contributed by atoms with Crippen LogP contribution >= 0.6 is 0 Å². The lowest BCUT2D eigenvalue weighted by Crippen LogP contribution is -2.30. The maximum absolute atomic E-state index is 11.3. The van der Waals surface area contributed by atoms with Crippen LogP contribution in [0.3, 0.4) is 0 Å². The minimum Gasteiger partial charge on any atom is -0.384 e. The molecule has 0 saturated carbocycles. The lowest BCUT2D eigenvalue weighted by Gasteiger charge is -2.24. The molecule has 0 radical (unpaired) electrons. The maximum Gasteiger partial charge on any atom is 0.138 e. The summed E-state index contributed by atoms with van der Waals surface area (Å²) in [6, 6.07) is 2.10. The van der Waals surface area contributed by atoms with E-state index < -0.39 is 10.8 Å². The summed E-state index contributed by atoms with van der Waals surface area (Å²) in [5.41, 5.74) is 5.72. The topological polar surface area (TPSA) is 80.9 Å².